The lowest BCUT2D eigenvalue weighted by Gasteiger charge is -2.09. The first-order valence-electron chi connectivity index (χ1n) is 5.61. The van der Waals surface area contributed by atoms with E-state index >= 15 is 0 Å². The third kappa shape index (κ3) is 2.64. The zero-order valence-electron chi connectivity index (χ0n) is 10.3. The third-order valence-corrected chi connectivity index (χ3v) is 2.68. The highest BCUT2D eigenvalue weighted by Crippen LogP contribution is 2.22. The van der Waals surface area contributed by atoms with Gasteiger partial charge in [-0.2, -0.15) is 0 Å². The summed E-state index contributed by atoms with van der Waals surface area (Å²) >= 11 is 0. The molecule has 0 fully saturated rings. The summed E-state index contributed by atoms with van der Waals surface area (Å²) < 4.78 is 53.2. The first-order valence-corrected chi connectivity index (χ1v) is 5.61. The topological polar surface area (TPSA) is 29.1 Å². The molecule has 6 heteroatoms. The first kappa shape index (κ1) is 14.0. The van der Waals surface area contributed by atoms with Crippen molar-refractivity contribution in [1.82, 2.24) is 0 Å². The Morgan fingerprint density at radius 3 is 2.25 bits per heavy atom. The van der Waals surface area contributed by atoms with Crippen molar-refractivity contribution in [2.24, 2.45) is 0 Å². The molecular formula is C14H9F4NO. The Kier molecular flexibility index (Phi) is 3.74. The van der Waals surface area contributed by atoms with E-state index in [0.29, 0.717) is 12.1 Å². The number of aryl methyl sites for hydroxylation is 1. The van der Waals surface area contributed by atoms with Crippen LogP contribution in [0.2, 0.25) is 0 Å². The van der Waals surface area contributed by atoms with Crippen LogP contribution < -0.4 is 5.32 Å². The van der Waals surface area contributed by atoms with E-state index in [2.05, 4.69) is 0 Å². The van der Waals surface area contributed by atoms with Crippen molar-refractivity contribution in [2.45, 2.75) is 6.92 Å². The molecule has 1 N–H and O–H groups in total. The minimum absolute atomic E-state index is 0.220. The maximum atomic E-state index is 13.7. The Balaban J connectivity index is 2.36. The van der Waals surface area contributed by atoms with E-state index in [0.717, 1.165) is 0 Å². The normalized spacial score (nSPS) is 10.4. The van der Waals surface area contributed by atoms with Crippen LogP contribution in [0.15, 0.2) is 30.3 Å². The van der Waals surface area contributed by atoms with Crippen molar-refractivity contribution < 1.29 is 22.4 Å². The molecule has 0 aliphatic rings. The van der Waals surface area contributed by atoms with Gasteiger partial charge >= 0.3 is 0 Å². The molecular weight excluding hydrogens is 274 g/mol. The highest BCUT2D eigenvalue weighted by Gasteiger charge is 2.18. The summed E-state index contributed by atoms with van der Waals surface area (Å²) in [6.07, 6.45) is 0. The molecule has 2 aromatic rings. The number of benzene rings is 2. The molecule has 0 unspecified atom stereocenters. The van der Waals surface area contributed by atoms with Crippen molar-refractivity contribution >= 4 is 11.6 Å². The van der Waals surface area contributed by atoms with Gasteiger partial charge in [0, 0.05) is 12.1 Å². The Morgan fingerprint density at radius 1 is 1.05 bits per heavy atom. The summed E-state index contributed by atoms with van der Waals surface area (Å²) in [5, 5.41) is 1.89. The van der Waals surface area contributed by atoms with Gasteiger partial charge in [-0.05, 0) is 18.6 Å². The maximum Gasteiger partial charge on any atom is 0.258 e. The summed E-state index contributed by atoms with van der Waals surface area (Å²) in [5.74, 6) is -5.46. The van der Waals surface area contributed by atoms with Crippen LogP contribution in [0.3, 0.4) is 0 Å². The van der Waals surface area contributed by atoms with Gasteiger partial charge in [0.1, 0.15) is 17.3 Å². The zero-order valence-corrected chi connectivity index (χ0v) is 10.3. The second-order valence-corrected chi connectivity index (χ2v) is 4.14. The smallest absolute Gasteiger partial charge is 0.258 e. The Labute approximate surface area is 112 Å². The molecule has 0 saturated heterocycles. The van der Waals surface area contributed by atoms with Crippen LogP contribution in [0.25, 0.3) is 0 Å². The number of halogens is 4. The maximum absolute atomic E-state index is 13.7. The SMILES string of the molecule is Cc1cccc(C(=O)Nc2c(F)cc(F)cc2F)c1F. The number of rotatable bonds is 2. The third-order valence-electron chi connectivity index (χ3n) is 2.68. The molecule has 0 aliphatic carbocycles. The number of hydrogen-bond donors (Lipinski definition) is 1. The van der Waals surface area contributed by atoms with Crippen LogP contribution in [0.1, 0.15) is 15.9 Å². The Morgan fingerprint density at radius 2 is 1.65 bits per heavy atom. The lowest BCUT2D eigenvalue weighted by molar-refractivity contribution is 0.102. The molecule has 0 atom stereocenters. The van der Waals surface area contributed by atoms with E-state index < -0.39 is 34.9 Å². The monoisotopic (exact) mass is 283 g/mol. The van der Waals surface area contributed by atoms with E-state index in [9.17, 15) is 22.4 Å². The van der Waals surface area contributed by atoms with Gasteiger partial charge in [0.25, 0.3) is 5.91 Å². The molecule has 0 bridgehead atoms. The fraction of sp³-hybridized carbons (Fsp3) is 0.0714. The molecule has 104 valence electrons. The van der Waals surface area contributed by atoms with E-state index in [1.165, 1.54) is 25.1 Å². The number of anilines is 1. The van der Waals surface area contributed by atoms with E-state index in [1.807, 2.05) is 5.32 Å². The minimum Gasteiger partial charge on any atom is -0.317 e. The van der Waals surface area contributed by atoms with Gasteiger partial charge in [0.15, 0.2) is 11.6 Å². The predicted molar refractivity (Wildman–Crippen MR) is 65.4 cm³/mol. The minimum atomic E-state index is -1.27. The molecule has 0 spiro atoms. The number of amides is 1. The summed E-state index contributed by atoms with van der Waals surface area (Å²) in [6.45, 7) is 1.45. The summed E-state index contributed by atoms with van der Waals surface area (Å²) in [6, 6.07) is 4.91. The first-order chi connectivity index (χ1) is 9.40. The van der Waals surface area contributed by atoms with Crippen molar-refractivity contribution in [3.05, 3.63) is 64.7 Å². The summed E-state index contributed by atoms with van der Waals surface area (Å²) in [7, 11) is 0. The fourth-order valence-electron chi connectivity index (χ4n) is 1.67. The quantitative estimate of drug-likeness (QED) is 0.834. The Hall–Kier alpha value is -2.37. The highest BCUT2D eigenvalue weighted by atomic mass is 19.1. The lowest BCUT2D eigenvalue weighted by Crippen LogP contribution is -2.16. The molecule has 0 saturated carbocycles. The average molecular weight is 283 g/mol. The van der Waals surface area contributed by atoms with Gasteiger partial charge in [-0.25, -0.2) is 17.6 Å². The summed E-state index contributed by atoms with van der Waals surface area (Å²) in [5.41, 5.74) is -0.955. The number of nitrogens with one attached hydrogen (secondary N) is 1. The highest BCUT2D eigenvalue weighted by molar-refractivity contribution is 6.04. The standard InChI is InChI=1S/C14H9F4NO/c1-7-3-2-4-9(12(7)18)14(20)19-13-10(16)5-8(15)6-11(13)17/h2-6H,1H3,(H,19,20). The van der Waals surface area contributed by atoms with Crippen LogP contribution in [0, 0.1) is 30.2 Å². The lowest BCUT2D eigenvalue weighted by atomic mass is 10.1. The van der Waals surface area contributed by atoms with E-state index in [-0.39, 0.29) is 11.1 Å². The zero-order chi connectivity index (χ0) is 14.9. The van der Waals surface area contributed by atoms with Crippen LogP contribution in [-0.4, -0.2) is 5.91 Å². The molecule has 1 amide bonds. The largest absolute Gasteiger partial charge is 0.317 e. The molecule has 0 aliphatic heterocycles. The molecule has 20 heavy (non-hydrogen) atoms. The van der Waals surface area contributed by atoms with Crippen LogP contribution >= 0.6 is 0 Å². The summed E-state index contributed by atoms with van der Waals surface area (Å²) in [4.78, 5) is 11.8. The van der Waals surface area contributed by atoms with Gasteiger partial charge in [0.05, 0.1) is 5.56 Å². The van der Waals surface area contributed by atoms with Gasteiger partial charge < -0.3 is 5.32 Å². The molecule has 2 rings (SSSR count). The van der Waals surface area contributed by atoms with Crippen molar-refractivity contribution in [2.75, 3.05) is 5.32 Å². The van der Waals surface area contributed by atoms with Gasteiger partial charge in [0.2, 0.25) is 0 Å². The second kappa shape index (κ2) is 5.32. The van der Waals surface area contributed by atoms with Crippen LogP contribution in [-0.2, 0) is 0 Å². The fourth-order valence-corrected chi connectivity index (χ4v) is 1.67. The number of carbonyl (C=O) groups is 1. The van der Waals surface area contributed by atoms with Crippen molar-refractivity contribution in [1.29, 1.82) is 0 Å². The van der Waals surface area contributed by atoms with E-state index in [1.54, 1.807) is 0 Å². The van der Waals surface area contributed by atoms with Crippen LogP contribution in [0.4, 0.5) is 23.2 Å². The molecule has 2 nitrogen and oxygen atoms in total. The second-order valence-electron chi connectivity index (χ2n) is 4.14. The molecule has 0 heterocycles. The van der Waals surface area contributed by atoms with Gasteiger partial charge in [-0.15, -0.1) is 0 Å². The van der Waals surface area contributed by atoms with Gasteiger partial charge in [-0.3, -0.25) is 4.79 Å². The van der Waals surface area contributed by atoms with Crippen molar-refractivity contribution in [3.63, 3.8) is 0 Å². The van der Waals surface area contributed by atoms with Crippen LogP contribution in [0.5, 0.6) is 0 Å². The number of carbonyl (C=O) groups excluding carboxylic acids is 1. The van der Waals surface area contributed by atoms with E-state index in [4.69, 9.17) is 0 Å². The molecule has 0 aromatic heterocycles. The average Bonchev–Trinajstić information content (AvgIpc) is 2.36. The number of hydrogen-bond acceptors (Lipinski definition) is 1. The van der Waals surface area contributed by atoms with Gasteiger partial charge in [-0.1, -0.05) is 12.1 Å². The predicted octanol–water partition coefficient (Wildman–Crippen LogP) is 3.80. The molecule has 2 aromatic carbocycles. The molecule has 0 radical (unpaired) electrons. The Bertz CT molecular complexity index is 662. The van der Waals surface area contributed by atoms with Crippen molar-refractivity contribution in [3.8, 4) is 0 Å².